The summed E-state index contributed by atoms with van der Waals surface area (Å²) in [7, 11) is 0. The van der Waals surface area contributed by atoms with Gasteiger partial charge in [0.25, 0.3) is 0 Å². The molecule has 0 bridgehead atoms. The van der Waals surface area contributed by atoms with Crippen LogP contribution in [-0.4, -0.2) is 5.04 Å². The van der Waals surface area contributed by atoms with Gasteiger partial charge in [0.2, 0.25) is 0 Å². The van der Waals surface area contributed by atoms with Gasteiger partial charge in [-0.05, 0) is 18.8 Å². The van der Waals surface area contributed by atoms with Crippen molar-refractivity contribution in [3.05, 3.63) is 11.5 Å². The number of rotatable bonds is 3. The van der Waals surface area contributed by atoms with E-state index in [2.05, 4.69) is 13.0 Å². The smallest absolute Gasteiger partial charge is 0.0652 e. The fraction of sp³-hybridized carbons (Fsp3) is 0.571. The second-order valence-corrected chi connectivity index (χ2v) is 2.95. The molecule has 0 radical (unpaired) electrons. The Labute approximate surface area is 61.0 Å². The zero-order valence-corrected chi connectivity index (χ0v) is 6.79. The van der Waals surface area contributed by atoms with Crippen LogP contribution in [-0.2, 0) is 0 Å². The highest BCUT2D eigenvalue weighted by atomic mass is 32.2. The Bertz CT molecular complexity index is 107. The molecule has 0 aromatic rings. The molecule has 52 valence electrons. The third-order valence-electron chi connectivity index (χ3n) is 0.796. The van der Waals surface area contributed by atoms with E-state index in [9.17, 15) is 0 Å². The van der Waals surface area contributed by atoms with E-state index in [-0.39, 0.29) is 0 Å². The lowest BCUT2D eigenvalue weighted by molar-refractivity contribution is 0.960. The molecule has 0 aliphatic rings. The lowest BCUT2D eigenvalue weighted by Gasteiger charge is -1.86. The first-order chi connectivity index (χ1) is 4.27. The van der Waals surface area contributed by atoms with E-state index < -0.39 is 0 Å². The van der Waals surface area contributed by atoms with Crippen molar-refractivity contribution in [1.82, 2.24) is 0 Å². The molecule has 0 saturated carbocycles. The summed E-state index contributed by atoms with van der Waals surface area (Å²) in [5.74, 6) is 0. The fourth-order valence-electron chi connectivity index (χ4n) is 0.385. The molecule has 0 atom stereocenters. The highest BCUT2D eigenvalue weighted by molar-refractivity contribution is 8.16. The SMILES string of the molecule is CCC/C=C/SC(C)=N. The van der Waals surface area contributed by atoms with E-state index >= 15 is 0 Å². The van der Waals surface area contributed by atoms with Crippen LogP contribution in [0.3, 0.4) is 0 Å². The van der Waals surface area contributed by atoms with E-state index in [0.29, 0.717) is 5.04 Å². The quantitative estimate of drug-likeness (QED) is 0.476. The lowest BCUT2D eigenvalue weighted by Crippen LogP contribution is -1.71. The zero-order chi connectivity index (χ0) is 7.11. The van der Waals surface area contributed by atoms with Crippen LogP contribution < -0.4 is 0 Å². The molecule has 0 spiro atoms. The monoisotopic (exact) mass is 143 g/mol. The molecule has 0 aromatic carbocycles. The summed E-state index contributed by atoms with van der Waals surface area (Å²) in [5, 5.41) is 9.67. The maximum absolute atomic E-state index is 7.04. The minimum atomic E-state index is 0.655. The van der Waals surface area contributed by atoms with Gasteiger partial charge in [0.1, 0.15) is 0 Å². The van der Waals surface area contributed by atoms with Gasteiger partial charge in [-0.25, -0.2) is 0 Å². The predicted octanol–water partition coefficient (Wildman–Crippen LogP) is 3.03. The normalized spacial score (nSPS) is 10.4. The Balaban J connectivity index is 3.14. The number of allylic oxidation sites excluding steroid dienone is 1. The van der Waals surface area contributed by atoms with Crippen LogP contribution >= 0.6 is 11.8 Å². The summed E-state index contributed by atoms with van der Waals surface area (Å²) < 4.78 is 0. The number of hydrogen-bond donors (Lipinski definition) is 1. The minimum Gasteiger partial charge on any atom is -0.298 e. The molecule has 0 rings (SSSR count). The molecule has 0 aliphatic carbocycles. The first-order valence-corrected chi connectivity index (χ1v) is 4.02. The molecule has 0 fully saturated rings. The summed E-state index contributed by atoms with van der Waals surface area (Å²) in [6.07, 6.45) is 4.41. The molecule has 0 saturated heterocycles. The van der Waals surface area contributed by atoms with Gasteiger partial charge in [-0.2, -0.15) is 0 Å². The van der Waals surface area contributed by atoms with Gasteiger partial charge < -0.3 is 0 Å². The van der Waals surface area contributed by atoms with Gasteiger partial charge in [0.15, 0.2) is 0 Å². The first kappa shape index (κ1) is 8.76. The summed E-state index contributed by atoms with van der Waals surface area (Å²) >= 11 is 1.47. The van der Waals surface area contributed by atoms with E-state index in [1.54, 1.807) is 6.92 Å². The zero-order valence-electron chi connectivity index (χ0n) is 5.98. The van der Waals surface area contributed by atoms with Crippen LogP contribution in [0.4, 0.5) is 0 Å². The van der Waals surface area contributed by atoms with E-state index in [1.165, 1.54) is 18.2 Å². The number of hydrogen-bond acceptors (Lipinski definition) is 2. The largest absolute Gasteiger partial charge is 0.298 e. The van der Waals surface area contributed by atoms with Crippen molar-refractivity contribution >= 4 is 16.8 Å². The molecule has 0 unspecified atom stereocenters. The molecule has 2 heteroatoms. The lowest BCUT2D eigenvalue weighted by atomic mass is 10.3. The topological polar surface area (TPSA) is 23.9 Å². The van der Waals surface area contributed by atoms with Crippen molar-refractivity contribution < 1.29 is 0 Å². The van der Waals surface area contributed by atoms with Crippen molar-refractivity contribution in [1.29, 1.82) is 5.41 Å². The molecule has 1 N–H and O–H groups in total. The van der Waals surface area contributed by atoms with Gasteiger partial charge >= 0.3 is 0 Å². The highest BCUT2D eigenvalue weighted by Gasteiger charge is 1.79. The standard InChI is InChI=1S/C7H13NS/c1-3-4-5-6-9-7(2)8/h5-6,8H,3-4H2,1-2H3/b6-5+,8-7?. The Morgan fingerprint density at radius 3 is 2.78 bits per heavy atom. The summed E-state index contributed by atoms with van der Waals surface area (Å²) in [6, 6.07) is 0. The van der Waals surface area contributed by atoms with Crippen LogP contribution in [0.25, 0.3) is 0 Å². The maximum Gasteiger partial charge on any atom is 0.0652 e. The van der Waals surface area contributed by atoms with Crippen LogP contribution in [0.5, 0.6) is 0 Å². The van der Waals surface area contributed by atoms with Crippen LogP contribution in [0.1, 0.15) is 26.7 Å². The molecule has 1 nitrogen and oxygen atoms in total. The average Bonchev–Trinajstić information content (AvgIpc) is 1.80. The predicted molar refractivity (Wildman–Crippen MR) is 45.0 cm³/mol. The maximum atomic E-state index is 7.04. The Kier molecular flexibility index (Phi) is 5.73. The number of unbranched alkanes of at least 4 members (excludes halogenated alkanes) is 1. The van der Waals surface area contributed by atoms with Gasteiger partial charge in [-0.1, -0.05) is 31.2 Å². The van der Waals surface area contributed by atoms with Crippen molar-refractivity contribution in [2.24, 2.45) is 0 Å². The number of thioether (sulfide) groups is 1. The van der Waals surface area contributed by atoms with Gasteiger partial charge in [0, 0.05) is 0 Å². The minimum absolute atomic E-state index is 0.655. The van der Waals surface area contributed by atoms with Crippen molar-refractivity contribution in [2.45, 2.75) is 26.7 Å². The van der Waals surface area contributed by atoms with E-state index in [0.717, 1.165) is 6.42 Å². The van der Waals surface area contributed by atoms with Crippen LogP contribution in [0, 0.1) is 5.41 Å². The second kappa shape index (κ2) is 5.89. The van der Waals surface area contributed by atoms with Crippen LogP contribution in [0.15, 0.2) is 11.5 Å². The third kappa shape index (κ3) is 7.76. The molecule has 0 heterocycles. The second-order valence-electron chi connectivity index (χ2n) is 1.83. The van der Waals surface area contributed by atoms with Gasteiger partial charge in [-0.15, -0.1) is 0 Å². The van der Waals surface area contributed by atoms with E-state index in [4.69, 9.17) is 5.41 Å². The van der Waals surface area contributed by atoms with Crippen LogP contribution in [0.2, 0.25) is 0 Å². The molecule has 0 aliphatic heterocycles. The molecular formula is C7H13NS. The van der Waals surface area contributed by atoms with E-state index in [1.807, 2.05) is 5.41 Å². The van der Waals surface area contributed by atoms with Crippen molar-refractivity contribution in [2.75, 3.05) is 0 Å². The van der Waals surface area contributed by atoms with Crippen molar-refractivity contribution in [3.63, 3.8) is 0 Å². The number of nitrogens with one attached hydrogen (secondary N) is 1. The summed E-state index contributed by atoms with van der Waals surface area (Å²) in [4.78, 5) is 0. The Hall–Kier alpha value is -0.240. The van der Waals surface area contributed by atoms with Gasteiger partial charge in [-0.3, -0.25) is 5.41 Å². The van der Waals surface area contributed by atoms with Crippen molar-refractivity contribution in [3.8, 4) is 0 Å². The average molecular weight is 143 g/mol. The summed E-state index contributed by atoms with van der Waals surface area (Å²) in [6.45, 7) is 3.94. The Morgan fingerprint density at radius 1 is 1.67 bits per heavy atom. The molecule has 0 amide bonds. The summed E-state index contributed by atoms with van der Waals surface area (Å²) in [5.41, 5.74) is 0. The Morgan fingerprint density at radius 2 is 2.33 bits per heavy atom. The third-order valence-corrected chi connectivity index (χ3v) is 1.48. The fourth-order valence-corrected chi connectivity index (χ4v) is 0.821. The molecular weight excluding hydrogens is 130 g/mol. The first-order valence-electron chi connectivity index (χ1n) is 3.14. The van der Waals surface area contributed by atoms with Gasteiger partial charge in [0.05, 0.1) is 5.04 Å². The highest BCUT2D eigenvalue weighted by Crippen LogP contribution is 2.03. The molecule has 9 heavy (non-hydrogen) atoms. The molecule has 0 aromatic heterocycles.